The summed E-state index contributed by atoms with van der Waals surface area (Å²) in [5.74, 6) is 0.255. The monoisotopic (exact) mass is 432 g/mol. The molecule has 3 N–H and O–H groups in total. The SMILES string of the molecule is CCOC1=CC(S(=O)(=O)N(C2CC2)[N+]2(C(N)=O)C(C)=Cc3ccccc32)=C(O)CC1. The Labute approximate surface area is 176 Å². The van der Waals surface area contributed by atoms with E-state index in [0.717, 1.165) is 5.56 Å². The highest BCUT2D eigenvalue weighted by atomic mass is 32.2. The lowest BCUT2D eigenvalue weighted by molar-refractivity contribution is 0.129. The third-order valence-corrected chi connectivity index (χ3v) is 7.62. The van der Waals surface area contributed by atoms with Gasteiger partial charge in [-0.2, -0.15) is 0 Å². The minimum atomic E-state index is -4.29. The molecule has 1 aromatic carbocycles. The first-order chi connectivity index (χ1) is 14.2. The van der Waals surface area contributed by atoms with Gasteiger partial charge in [-0.25, -0.2) is 13.2 Å². The van der Waals surface area contributed by atoms with E-state index in [1.165, 1.54) is 10.5 Å². The molecular formula is C21H26N3O5S+. The summed E-state index contributed by atoms with van der Waals surface area (Å²) in [5.41, 5.74) is 7.62. The second-order valence-corrected chi connectivity index (χ2v) is 9.45. The molecule has 4 rings (SSSR count). The normalized spacial score (nSPS) is 23.8. The molecule has 1 unspecified atom stereocenters. The van der Waals surface area contributed by atoms with Crippen molar-refractivity contribution < 1.29 is 23.1 Å². The number of carbonyl (C=O) groups excluding carboxylic acids is 1. The molecule has 1 atom stereocenters. The van der Waals surface area contributed by atoms with Crippen molar-refractivity contribution in [3.8, 4) is 0 Å². The number of aliphatic hydroxyl groups is 1. The molecule has 1 saturated carbocycles. The number of aliphatic hydroxyl groups excluding tert-OH is 1. The molecule has 30 heavy (non-hydrogen) atoms. The number of carbonyl (C=O) groups is 1. The van der Waals surface area contributed by atoms with Gasteiger partial charge in [0.2, 0.25) is 0 Å². The minimum Gasteiger partial charge on any atom is -0.511 e. The Balaban J connectivity index is 1.93. The number of rotatable bonds is 6. The van der Waals surface area contributed by atoms with Crippen LogP contribution in [-0.4, -0.2) is 36.6 Å². The predicted octanol–water partition coefficient (Wildman–Crippen LogP) is 3.64. The first kappa shape index (κ1) is 20.6. The molecule has 0 spiro atoms. The zero-order valence-electron chi connectivity index (χ0n) is 17.0. The van der Waals surface area contributed by atoms with Crippen LogP contribution < -0.4 is 10.3 Å². The van der Waals surface area contributed by atoms with Crippen molar-refractivity contribution in [3.63, 3.8) is 0 Å². The third-order valence-electron chi connectivity index (χ3n) is 5.67. The number of urea groups is 1. The largest absolute Gasteiger partial charge is 0.511 e. The Bertz CT molecular complexity index is 1100. The Morgan fingerprint density at radius 3 is 2.60 bits per heavy atom. The summed E-state index contributed by atoms with van der Waals surface area (Å²) in [7, 11) is -4.29. The topological polar surface area (TPSA) is 110 Å². The Morgan fingerprint density at radius 2 is 1.97 bits per heavy atom. The van der Waals surface area contributed by atoms with Gasteiger partial charge in [0.1, 0.15) is 16.4 Å². The third kappa shape index (κ3) is 2.96. The van der Waals surface area contributed by atoms with E-state index in [1.807, 2.05) is 19.1 Å². The van der Waals surface area contributed by atoms with Crippen LogP contribution in [0.5, 0.6) is 0 Å². The number of fused-ring (bicyclic) bond motifs is 1. The molecule has 8 nitrogen and oxygen atoms in total. The standard InChI is InChI=1S/C21H25N3O5S/c1-3-29-17-10-11-19(25)20(13-17)30(27,28)23(16-8-9-16)24(21(22)26)14(2)12-15-6-4-5-7-18(15)24/h4-7,12-13,16H,3,8-11H2,1-2H3,(H2-,22,25,26)/p+1. The second-order valence-electron chi connectivity index (χ2n) is 7.68. The predicted molar refractivity (Wildman–Crippen MR) is 114 cm³/mol. The highest BCUT2D eigenvalue weighted by Gasteiger charge is 2.62. The van der Waals surface area contributed by atoms with Gasteiger partial charge in [-0.15, -0.1) is 0 Å². The van der Waals surface area contributed by atoms with Gasteiger partial charge in [0.15, 0.2) is 5.69 Å². The molecule has 2 aliphatic carbocycles. The van der Waals surface area contributed by atoms with Crippen molar-refractivity contribution in [1.29, 1.82) is 0 Å². The number of quaternary nitrogens is 1. The number of amides is 2. The fourth-order valence-electron chi connectivity index (χ4n) is 4.25. The number of nitrogens with zero attached hydrogens (tertiary/aromatic N) is 2. The van der Waals surface area contributed by atoms with Crippen LogP contribution >= 0.6 is 0 Å². The summed E-state index contributed by atoms with van der Waals surface area (Å²) in [5, 5.41) is 10.5. The molecule has 3 aliphatic rings. The van der Waals surface area contributed by atoms with Crippen LogP contribution in [0.2, 0.25) is 0 Å². The van der Waals surface area contributed by atoms with Crippen LogP contribution in [0.25, 0.3) is 6.08 Å². The minimum absolute atomic E-state index is 0.154. The van der Waals surface area contributed by atoms with E-state index in [1.54, 1.807) is 25.1 Å². The van der Waals surface area contributed by atoms with Crippen LogP contribution in [0, 0.1) is 0 Å². The molecule has 0 aromatic heterocycles. The van der Waals surface area contributed by atoms with Crippen molar-refractivity contribution >= 4 is 27.8 Å². The van der Waals surface area contributed by atoms with Crippen molar-refractivity contribution in [2.45, 2.75) is 45.6 Å². The van der Waals surface area contributed by atoms with Gasteiger partial charge in [0, 0.05) is 37.5 Å². The number of hydrogen-bond acceptors (Lipinski definition) is 5. The molecule has 9 heteroatoms. The van der Waals surface area contributed by atoms with Gasteiger partial charge >= 0.3 is 6.03 Å². The fraction of sp³-hybridized carbons (Fsp3) is 0.381. The highest BCUT2D eigenvalue weighted by Crippen LogP contribution is 2.48. The Hall–Kier alpha value is -2.62. The van der Waals surface area contributed by atoms with Crippen LogP contribution in [0.1, 0.15) is 45.1 Å². The molecule has 0 radical (unpaired) electrons. The summed E-state index contributed by atoms with van der Waals surface area (Å²) >= 11 is 0. The first-order valence-electron chi connectivity index (χ1n) is 10.0. The summed E-state index contributed by atoms with van der Waals surface area (Å²) in [6.07, 6.45) is 4.93. The zero-order valence-corrected chi connectivity index (χ0v) is 17.9. The maximum Gasteiger partial charge on any atom is 0.444 e. The Kier molecular flexibility index (Phi) is 5.00. The second kappa shape index (κ2) is 7.26. The van der Waals surface area contributed by atoms with E-state index in [9.17, 15) is 18.3 Å². The van der Waals surface area contributed by atoms with Gasteiger partial charge in [-0.3, -0.25) is 0 Å². The molecule has 160 valence electrons. The van der Waals surface area contributed by atoms with E-state index in [0.29, 0.717) is 43.0 Å². The van der Waals surface area contributed by atoms with Crippen molar-refractivity contribution in [2.24, 2.45) is 5.73 Å². The van der Waals surface area contributed by atoms with Crippen LogP contribution in [0.4, 0.5) is 10.5 Å². The average molecular weight is 433 g/mol. The van der Waals surface area contributed by atoms with Gasteiger partial charge in [0.05, 0.1) is 18.4 Å². The number of nitrogens with two attached hydrogens (primary N) is 1. The molecular weight excluding hydrogens is 406 g/mol. The van der Waals surface area contributed by atoms with Crippen LogP contribution in [-0.2, 0) is 14.8 Å². The molecule has 0 bridgehead atoms. The highest BCUT2D eigenvalue weighted by molar-refractivity contribution is 7.93. The van der Waals surface area contributed by atoms with Crippen LogP contribution in [0.3, 0.4) is 0 Å². The average Bonchev–Trinajstić information content (AvgIpc) is 3.47. The molecule has 2 amide bonds. The first-order valence-corrected chi connectivity index (χ1v) is 11.5. The van der Waals surface area contributed by atoms with Crippen LogP contribution in [0.15, 0.2) is 52.5 Å². The van der Waals surface area contributed by atoms with Crippen molar-refractivity contribution in [2.75, 3.05) is 6.61 Å². The smallest absolute Gasteiger partial charge is 0.444 e. The van der Waals surface area contributed by atoms with E-state index < -0.39 is 26.7 Å². The molecule has 1 heterocycles. The fourth-order valence-corrected chi connectivity index (χ4v) is 6.36. The number of allylic oxidation sites excluding steroid dienone is 4. The number of benzene rings is 1. The summed E-state index contributed by atoms with van der Waals surface area (Å²) < 4.78 is 33.8. The lowest BCUT2D eigenvalue weighted by Gasteiger charge is -2.39. The van der Waals surface area contributed by atoms with Gasteiger partial charge in [-0.05, 0) is 36.3 Å². The van der Waals surface area contributed by atoms with Gasteiger partial charge < -0.3 is 15.6 Å². The van der Waals surface area contributed by atoms with E-state index in [2.05, 4.69) is 0 Å². The van der Waals surface area contributed by atoms with E-state index in [4.69, 9.17) is 10.5 Å². The number of sulfonamides is 1. The van der Waals surface area contributed by atoms with E-state index in [-0.39, 0.29) is 17.1 Å². The summed E-state index contributed by atoms with van der Waals surface area (Å²) in [4.78, 5) is 12.7. The molecule has 1 fully saturated rings. The van der Waals surface area contributed by atoms with Crippen molar-refractivity contribution in [3.05, 3.63) is 58.0 Å². The lowest BCUT2D eigenvalue weighted by Crippen LogP contribution is -2.67. The maximum atomic E-state index is 13.9. The van der Waals surface area contributed by atoms with Gasteiger partial charge in [-0.1, -0.05) is 16.7 Å². The summed E-state index contributed by atoms with van der Waals surface area (Å²) in [6.45, 7) is 3.90. The maximum absolute atomic E-state index is 13.9. The van der Waals surface area contributed by atoms with E-state index >= 15 is 0 Å². The molecule has 1 aromatic rings. The number of para-hydroxylation sites is 1. The summed E-state index contributed by atoms with van der Waals surface area (Å²) in [6, 6.07) is 5.91. The number of ether oxygens (including phenoxy) is 1. The Morgan fingerprint density at radius 1 is 1.27 bits per heavy atom. The quantitative estimate of drug-likeness (QED) is 0.667. The van der Waals surface area contributed by atoms with Gasteiger partial charge in [0.25, 0.3) is 10.0 Å². The molecule has 1 aliphatic heterocycles. The molecule has 0 saturated heterocycles. The zero-order chi connectivity index (χ0) is 21.7. The van der Waals surface area contributed by atoms with Crippen molar-refractivity contribution in [1.82, 2.24) is 9.01 Å². The number of primary amides is 1. The number of hydrogen-bond donors (Lipinski definition) is 2. The lowest BCUT2D eigenvalue weighted by atomic mass is 10.1.